The molecule has 2 N–H and O–H groups in total. The second kappa shape index (κ2) is 10.5. The molecule has 0 bridgehead atoms. The molecule has 176 valence electrons. The van der Waals surface area contributed by atoms with E-state index in [1.165, 1.54) is 17.3 Å². The zero-order chi connectivity index (χ0) is 24.1. The van der Waals surface area contributed by atoms with Gasteiger partial charge in [-0.2, -0.15) is 0 Å². The molecule has 0 atom stereocenters. The van der Waals surface area contributed by atoms with Crippen molar-refractivity contribution in [1.82, 2.24) is 5.32 Å². The highest BCUT2D eigenvalue weighted by Gasteiger charge is 2.25. The second-order valence-electron chi connectivity index (χ2n) is 7.90. The van der Waals surface area contributed by atoms with E-state index in [4.69, 9.17) is 9.47 Å². The van der Waals surface area contributed by atoms with Gasteiger partial charge >= 0.3 is 6.03 Å². The van der Waals surface area contributed by atoms with Crippen LogP contribution in [0.5, 0.6) is 11.5 Å². The molecular weight excluding hydrogens is 450 g/mol. The van der Waals surface area contributed by atoms with Crippen molar-refractivity contribution < 1.29 is 19.1 Å². The third-order valence-electron chi connectivity index (χ3n) is 5.54. The van der Waals surface area contributed by atoms with Gasteiger partial charge in [0.1, 0.15) is 0 Å². The Morgan fingerprint density at radius 2 is 1.85 bits per heavy atom. The molecule has 0 aromatic heterocycles. The van der Waals surface area contributed by atoms with Gasteiger partial charge in [-0.1, -0.05) is 42.0 Å². The Labute approximate surface area is 203 Å². The van der Waals surface area contributed by atoms with Crippen LogP contribution in [0.2, 0.25) is 0 Å². The molecule has 0 aliphatic carbocycles. The second-order valence-corrected chi connectivity index (χ2v) is 8.91. The predicted molar refractivity (Wildman–Crippen MR) is 135 cm³/mol. The van der Waals surface area contributed by atoms with Gasteiger partial charge in [0.2, 0.25) is 5.91 Å². The molecule has 4 rings (SSSR count). The number of ether oxygens (including phenoxy) is 2. The van der Waals surface area contributed by atoms with Gasteiger partial charge in [-0.25, -0.2) is 4.79 Å². The number of methoxy groups -OCH3 is 2. The lowest BCUT2D eigenvalue weighted by atomic mass is 10.1. The van der Waals surface area contributed by atoms with Crippen molar-refractivity contribution in [2.24, 2.45) is 0 Å². The lowest BCUT2D eigenvalue weighted by molar-refractivity contribution is -0.116. The summed E-state index contributed by atoms with van der Waals surface area (Å²) in [7, 11) is 3.14. The van der Waals surface area contributed by atoms with Crippen LogP contribution < -0.4 is 25.0 Å². The Bertz CT molecular complexity index is 1200. The number of carbonyl (C=O) groups is 2. The van der Waals surface area contributed by atoms with Crippen LogP contribution >= 0.6 is 11.8 Å². The summed E-state index contributed by atoms with van der Waals surface area (Å²) in [6, 6.07) is 18.9. The Morgan fingerprint density at radius 1 is 1.06 bits per heavy atom. The fourth-order valence-electron chi connectivity index (χ4n) is 3.77. The lowest BCUT2D eigenvalue weighted by Crippen LogP contribution is -2.35. The minimum atomic E-state index is -0.357. The standard InChI is InChI=1S/C26H27N3O4S/c1-17-7-9-18(10-8-17)15-29-21-13-20(11-12-23(21)34-16-24(29)30)28-26(31)27-14-19-5-4-6-22(32-2)25(19)33-3/h4-13H,14-16H2,1-3H3,(H2,27,28,31). The summed E-state index contributed by atoms with van der Waals surface area (Å²) in [6.45, 7) is 2.79. The van der Waals surface area contributed by atoms with Crippen LogP contribution in [0.4, 0.5) is 16.2 Å². The Morgan fingerprint density at radius 3 is 2.59 bits per heavy atom. The molecule has 8 heteroatoms. The number of carbonyl (C=O) groups excluding carboxylic acids is 2. The third-order valence-corrected chi connectivity index (χ3v) is 6.59. The van der Waals surface area contributed by atoms with Gasteiger partial charge in [-0.15, -0.1) is 11.8 Å². The first-order valence-electron chi connectivity index (χ1n) is 10.9. The molecule has 1 heterocycles. The number of fused-ring (bicyclic) bond motifs is 1. The minimum absolute atomic E-state index is 0.0461. The van der Waals surface area contributed by atoms with E-state index in [-0.39, 0.29) is 18.5 Å². The van der Waals surface area contributed by atoms with E-state index in [9.17, 15) is 9.59 Å². The third kappa shape index (κ3) is 5.28. The number of hydrogen-bond donors (Lipinski definition) is 2. The first-order chi connectivity index (χ1) is 16.5. The maximum atomic E-state index is 12.7. The maximum Gasteiger partial charge on any atom is 0.319 e. The van der Waals surface area contributed by atoms with Gasteiger partial charge in [0.05, 0.1) is 32.2 Å². The van der Waals surface area contributed by atoms with Gasteiger partial charge in [0, 0.05) is 22.7 Å². The number of thioether (sulfide) groups is 1. The van der Waals surface area contributed by atoms with Gasteiger partial charge in [-0.3, -0.25) is 4.79 Å². The number of urea groups is 1. The number of nitrogens with one attached hydrogen (secondary N) is 2. The normalized spacial score (nSPS) is 12.7. The molecule has 3 aromatic carbocycles. The van der Waals surface area contributed by atoms with Crippen LogP contribution in [0.1, 0.15) is 16.7 Å². The maximum absolute atomic E-state index is 12.7. The number of benzene rings is 3. The monoisotopic (exact) mass is 477 g/mol. The summed E-state index contributed by atoms with van der Waals surface area (Å²) in [6.07, 6.45) is 0. The van der Waals surface area contributed by atoms with E-state index in [1.54, 1.807) is 25.2 Å². The van der Waals surface area contributed by atoms with Crippen molar-refractivity contribution in [2.75, 3.05) is 30.2 Å². The largest absolute Gasteiger partial charge is 0.493 e. The van der Waals surface area contributed by atoms with Crippen molar-refractivity contribution in [3.63, 3.8) is 0 Å². The highest BCUT2D eigenvalue weighted by atomic mass is 32.2. The molecule has 0 unspecified atom stereocenters. The minimum Gasteiger partial charge on any atom is -0.493 e. The van der Waals surface area contributed by atoms with Gasteiger partial charge < -0.3 is 25.0 Å². The van der Waals surface area contributed by atoms with Crippen molar-refractivity contribution in [1.29, 1.82) is 0 Å². The number of nitrogens with zero attached hydrogens (tertiary/aromatic N) is 1. The van der Waals surface area contributed by atoms with Crippen molar-refractivity contribution >= 4 is 35.1 Å². The SMILES string of the molecule is COc1cccc(CNC(=O)Nc2ccc3c(c2)N(Cc2ccc(C)cc2)C(=O)CS3)c1OC. The zero-order valence-electron chi connectivity index (χ0n) is 19.4. The van der Waals surface area contributed by atoms with Crippen molar-refractivity contribution in [2.45, 2.75) is 24.9 Å². The molecule has 3 amide bonds. The quantitative estimate of drug-likeness (QED) is 0.502. The Hall–Kier alpha value is -3.65. The average Bonchev–Trinajstić information content (AvgIpc) is 2.85. The Balaban J connectivity index is 1.46. The van der Waals surface area contributed by atoms with Crippen molar-refractivity contribution in [3.05, 3.63) is 77.4 Å². The van der Waals surface area contributed by atoms with Crippen LogP contribution in [0, 0.1) is 6.92 Å². The van der Waals surface area contributed by atoms with E-state index >= 15 is 0 Å². The molecule has 3 aromatic rings. The molecule has 0 saturated heterocycles. The molecule has 0 spiro atoms. The molecule has 1 aliphatic rings. The Kier molecular flexibility index (Phi) is 7.27. The highest BCUT2D eigenvalue weighted by molar-refractivity contribution is 8.00. The summed E-state index contributed by atoms with van der Waals surface area (Å²) >= 11 is 1.51. The van der Waals surface area contributed by atoms with Crippen LogP contribution in [0.3, 0.4) is 0 Å². The fraction of sp³-hybridized carbons (Fsp3) is 0.231. The van der Waals surface area contributed by atoms with Gasteiger partial charge in [0.15, 0.2) is 11.5 Å². The first kappa shape index (κ1) is 23.5. The lowest BCUT2D eigenvalue weighted by Gasteiger charge is -2.29. The predicted octanol–water partition coefficient (Wildman–Crippen LogP) is 4.97. The number of para-hydroxylation sites is 1. The molecule has 0 radical (unpaired) electrons. The summed E-state index contributed by atoms with van der Waals surface area (Å²) < 4.78 is 10.7. The van der Waals surface area contributed by atoms with Crippen LogP contribution in [-0.2, 0) is 17.9 Å². The number of rotatable bonds is 7. The van der Waals surface area contributed by atoms with Gasteiger partial charge in [0.25, 0.3) is 0 Å². The van der Waals surface area contributed by atoms with Gasteiger partial charge in [-0.05, 0) is 36.8 Å². The summed E-state index contributed by atoms with van der Waals surface area (Å²) in [4.78, 5) is 28.1. The highest BCUT2D eigenvalue weighted by Crippen LogP contribution is 2.38. The van der Waals surface area contributed by atoms with Crippen molar-refractivity contribution in [3.8, 4) is 11.5 Å². The number of amides is 3. The van der Waals surface area contributed by atoms with E-state index in [0.29, 0.717) is 29.5 Å². The molecule has 34 heavy (non-hydrogen) atoms. The van der Waals surface area contributed by atoms with Crippen LogP contribution in [-0.4, -0.2) is 31.9 Å². The number of hydrogen-bond acceptors (Lipinski definition) is 5. The van der Waals surface area contributed by atoms with E-state index in [0.717, 1.165) is 21.7 Å². The van der Waals surface area contributed by atoms with Crippen LogP contribution in [0.25, 0.3) is 0 Å². The smallest absolute Gasteiger partial charge is 0.319 e. The van der Waals surface area contributed by atoms with E-state index in [2.05, 4.69) is 10.6 Å². The topological polar surface area (TPSA) is 79.9 Å². The molecule has 1 aliphatic heterocycles. The number of anilines is 2. The molecule has 0 fully saturated rings. The molecular formula is C26H27N3O4S. The summed E-state index contributed by atoms with van der Waals surface area (Å²) in [5.74, 6) is 1.63. The van der Waals surface area contributed by atoms with Crippen LogP contribution in [0.15, 0.2) is 65.6 Å². The zero-order valence-corrected chi connectivity index (χ0v) is 20.2. The number of aryl methyl sites for hydroxylation is 1. The summed E-state index contributed by atoms with van der Waals surface area (Å²) in [5, 5.41) is 5.71. The average molecular weight is 478 g/mol. The van der Waals surface area contributed by atoms with E-state index in [1.807, 2.05) is 61.5 Å². The summed E-state index contributed by atoms with van der Waals surface area (Å²) in [5.41, 5.74) is 4.44. The van der Waals surface area contributed by atoms with E-state index < -0.39 is 0 Å². The fourth-order valence-corrected chi connectivity index (χ4v) is 4.69. The first-order valence-corrected chi connectivity index (χ1v) is 11.8. The molecule has 7 nitrogen and oxygen atoms in total. The molecule has 0 saturated carbocycles.